The van der Waals surface area contributed by atoms with Gasteiger partial charge < -0.3 is 5.32 Å². The maximum atomic E-state index is 12.4. The fourth-order valence-corrected chi connectivity index (χ4v) is 2.85. The predicted molar refractivity (Wildman–Crippen MR) is 88.4 cm³/mol. The average Bonchev–Trinajstić information content (AvgIpc) is 2.56. The minimum atomic E-state index is 0.0438. The van der Waals surface area contributed by atoms with Crippen LogP contribution in [0, 0.1) is 18.3 Å². The quantitative estimate of drug-likeness (QED) is 0.885. The average molecular weight is 293 g/mol. The van der Waals surface area contributed by atoms with Gasteiger partial charge in [-0.2, -0.15) is 0 Å². The summed E-state index contributed by atoms with van der Waals surface area (Å²) in [6.45, 7) is 2.43. The molecule has 1 N–H and O–H groups in total. The van der Waals surface area contributed by atoms with Crippen molar-refractivity contribution < 1.29 is 4.79 Å². The molecule has 1 aromatic carbocycles. The topological polar surface area (TPSA) is 45.2 Å². The van der Waals surface area contributed by atoms with Crippen LogP contribution in [-0.4, -0.2) is 35.4 Å². The van der Waals surface area contributed by atoms with E-state index in [1.807, 2.05) is 36.4 Å². The summed E-state index contributed by atoms with van der Waals surface area (Å²) in [4.78, 5) is 19.1. The first-order chi connectivity index (χ1) is 10.8. The Morgan fingerprint density at radius 3 is 2.82 bits per heavy atom. The highest BCUT2D eigenvalue weighted by atomic mass is 16.1. The van der Waals surface area contributed by atoms with Gasteiger partial charge in [-0.3, -0.25) is 9.69 Å². The van der Waals surface area contributed by atoms with E-state index in [4.69, 9.17) is 6.42 Å². The van der Waals surface area contributed by atoms with Crippen LogP contribution in [0.2, 0.25) is 0 Å². The molecular formula is C18H19N3O. The number of para-hydroxylation sites is 1. The first-order valence-electron chi connectivity index (χ1n) is 7.59. The third-order valence-corrected chi connectivity index (χ3v) is 4.12. The van der Waals surface area contributed by atoms with Crippen LogP contribution in [0.15, 0.2) is 36.4 Å². The van der Waals surface area contributed by atoms with E-state index in [9.17, 15) is 4.79 Å². The molecule has 4 heteroatoms. The van der Waals surface area contributed by atoms with Crippen LogP contribution >= 0.6 is 0 Å². The van der Waals surface area contributed by atoms with Crippen LogP contribution in [0.1, 0.15) is 12.8 Å². The molecule has 0 unspecified atom stereocenters. The number of hydrogen-bond donors (Lipinski definition) is 1. The summed E-state index contributed by atoms with van der Waals surface area (Å²) in [6.07, 6.45) is 7.02. The van der Waals surface area contributed by atoms with Crippen LogP contribution in [-0.2, 0) is 4.79 Å². The fraction of sp³-hybridized carbons (Fsp3) is 0.333. The largest absolute Gasteiger partial charge is 0.310 e. The summed E-state index contributed by atoms with van der Waals surface area (Å²) in [5.74, 6) is 3.38. The summed E-state index contributed by atoms with van der Waals surface area (Å²) in [6, 6.07) is 11.7. The van der Waals surface area contributed by atoms with Crippen molar-refractivity contribution >= 4 is 22.6 Å². The lowest BCUT2D eigenvalue weighted by atomic mass is 9.96. The van der Waals surface area contributed by atoms with Crippen LogP contribution in [0.5, 0.6) is 0 Å². The first kappa shape index (κ1) is 14.6. The second-order valence-corrected chi connectivity index (χ2v) is 5.63. The zero-order chi connectivity index (χ0) is 15.4. The molecule has 0 aliphatic carbocycles. The number of terminal acetylenes is 1. The molecule has 0 radical (unpaired) electrons. The van der Waals surface area contributed by atoms with E-state index in [-0.39, 0.29) is 11.8 Å². The molecule has 1 aliphatic heterocycles. The lowest BCUT2D eigenvalue weighted by molar-refractivity contribution is -0.121. The number of pyridine rings is 1. The van der Waals surface area contributed by atoms with Gasteiger partial charge in [0.2, 0.25) is 5.91 Å². The Labute approximate surface area is 130 Å². The Hall–Kier alpha value is -2.38. The molecule has 4 nitrogen and oxygen atoms in total. The lowest BCUT2D eigenvalue weighted by Gasteiger charge is -2.29. The Bertz CT molecular complexity index is 712. The molecule has 1 aromatic heterocycles. The number of piperidine rings is 1. The van der Waals surface area contributed by atoms with Gasteiger partial charge in [0.1, 0.15) is 5.82 Å². The molecular weight excluding hydrogens is 274 g/mol. The van der Waals surface area contributed by atoms with Crippen molar-refractivity contribution in [3.63, 3.8) is 0 Å². The number of nitrogens with zero attached hydrogens (tertiary/aromatic N) is 2. The molecule has 1 saturated heterocycles. The van der Waals surface area contributed by atoms with E-state index in [0.29, 0.717) is 12.4 Å². The van der Waals surface area contributed by atoms with Gasteiger partial charge in [-0.05, 0) is 44.1 Å². The maximum Gasteiger partial charge on any atom is 0.228 e. The van der Waals surface area contributed by atoms with Crippen molar-refractivity contribution in [3.05, 3.63) is 36.4 Å². The van der Waals surface area contributed by atoms with Gasteiger partial charge in [-0.15, -0.1) is 6.42 Å². The van der Waals surface area contributed by atoms with Crippen LogP contribution < -0.4 is 5.32 Å². The van der Waals surface area contributed by atoms with Crippen molar-refractivity contribution in [1.29, 1.82) is 0 Å². The van der Waals surface area contributed by atoms with Crippen molar-refractivity contribution in [2.75, 3.05) is 25.0 Å². The van der Waals surface area contributed by atoms with Gasteiger partial charge in [0, 0.05) is 11.3 Å². The second-order valence-electron chi connectivity index (χ2n) is 5.63. The summed E-state index contributed by atoms with van der Waals surface area (Å²) < 4.78 is 0. The highest BCUT2D eigenvalue weighted by molar-refractivity contribution is 5.93. The molecule has 1 aliphatic rings. The molecule has 3 rings (SSSR count). The van der Waals surface area contributed by atoms with Gasteiger partial charge in [0.05, 0.1) is 12.1 Å². The smallest absolute Gasteiger partial charge is 0.228 e. The number of carbonyl (C=O) groups excluding carboxylic acids is 1. The highest BCUT2D eigenvalue weighted by Crippen LogP contribution is 2.20. The summed E-state index contributed by atoms with van der Waals surface area (Å²) in [5.41, 5.74) is 0.893. The number of hydrogen-bond acceptors (Lipinski definition) is 3. The minimum Gasteiger partial charge on any atom is -0.310 e. The SMILES string of the molecule is C#CCN1CCC(C(=O)Nc2ccc3ccccc3n2)CC1. The number of anilines is 1. The van der Waals surface area contributed by atoms with Gasteiger partial charge in [-0.25, -0.2) is 4.98 Å². The van der Waals surface area contributed by atoms with Crippen LogP contribution in [0.4, 0.5) is 5.82 Å². The van der Waals surface area contributed by atoms with E-state index in [2.05, 4.69) is 21.1 Å². The molecule has 0 bridgehead atoms. The molecule has 1 amide bonds. The van der Waals surface area contributed by atoms with Crippen molar-refractivity contribution in [2.24, 2.45) is 5.92 Å². The number of likely N-dealkylation sites (tertiary alicyclic amines) is 1. The molecule has 0 spiro atoms. The Morgan fingerprint density at radius 1 is 1.27 bits per heavy atom. The lowest BCUT2D eigenvalue weighted by Crippen LogP contribution is -2.38. The zero-order valence-corrected chi connectivity index (χ0v) is 12.5. The molecule has 2 heterocycles. The number of nitrogens with one attached hydrogen (secondary N) is 1. The van der Waals surface area contributed by atoms with Crippen molar-refractivity contribution in [3.8, 4) is 12.3 Å². The van der Waals surface area contributed by atoms with Crippen LogP contribution in [0.25, 0.3) is 10.9 Å². The predicted octanol–water partition coefficient (Wildman–Crippen LogP) is 2.52. The number of amides is 1. The van der Waals surface area contributed by atoms with E-state index >= 15 is 0 Å². The van der Waals surface area contributed by atoms with E-state index in [1.54, 1.807) is 0 Å². The van der Waals surface area contributed by atoms with Crippen molar-refractivity contribution in [1.82, 2.24) is 9.88 Å². The number of rotatable bonds is 3. The molecule has 2 aromatic rings. The van der Waals surface area contributed by atoms with Gasteiger partial charge in [-0.1, -0.05) is 24.1 Å². The van der Waals surface area contributed by atoms with Crippen molar-refractivity contribution in [2.45, 2.75) is 12.8 Å². The number of carbonyl (C=O) groups is 1. The van der Waals surface area contributed by atoms with E-state index in [0.717, 1.165) is 36.8 Å². The van der Waals surface area contributed by atoms with Gasteiger partial charge in [0.15, 0.2) is 0 Å². The van der Waals surface area contributed by atoms with Gasteiger partial charge >= 0.3 is 0 Å². The molecule has 0 saturated carbocycles. The number of fused-ring (bicyclic) bond motifs is 1. The summed E-state index contributed by atoms with van der Waals surface area (Å²) in [5, 5.41) is 4.01. The number of aromatic nitrogens is 1. The van der Waals surface area contributed by atoms with E-state index in [1.165, 1.54) is 0 Å². The maximum absolute atomic E-state index is 12.4. The molecule has 22 heavy (non-hydrogen) atoms. The Kier molecular flexibility index (Phi) is 4.36. The fourth-order valence-electron chi connectivity index (χ4n) is 2.85. The van der Waals surface area contributed by atoms with Gasteiger partial charge in [0.25, 0.3) is 0 Å². The summed E-state index contributed by atoms with van der Waals surface area (Å²) in [7, 11) is 0. The Balaban J connectivity index is 1.62. The second kappa shape index (κ2) is 6.59. The normalized spacial score (nSPS) is 16.3. The number of benzene rings is 1. The minimum absolute atomic E-state index is 0.0438. The molecule has 112 valence electrons. The Morgan fingerprint density at radius 2 is 2.05 bits per heavy atom. The van der Waals surface area contributed by atoms with Crippen LogP contribution in [0.3, 0.4) is 0 Å². The standard InChI is InChI=1S/C18H19N3O/c1-2-11-21-12-9-15(10-13-21)18(22)20-17-8-7-14-5-3-4-6-16(14)19-17/h1,3-8,15H,9-13H2,(H,19,20,22). The third-order valence-electron chi connectivity index (χ3n) is 4.12. The first-order valence-corrected chi connectivity index (χ1v) is 7.59. The van der Waals surface area contributed by atoms with E-state index < -0.39 is 0 Å². The molecule has 1 fully saturated rings. The third kappa shape index (κ3) is 3.26. The summed E-state index contributed by atoms with van der Waals surface area (Å²) >= 11 is 0. The zero-order valence-electron chi connectivity index (χ0n) is 12.5. The highest BCUT2D eigenvalue weighted by Gasteiger charge is 2.24. The molecule has 0 atom stereocenters. The monoisotopic (exact) mass is 293 g/mol.